The van der Waals surface area contributed by atoms with E-state index in [1.54, 1.807) is 13.0 Å². The minimum atomic E-state index is -0.980. The van der Waals surface area contributed by atoms with E-state index >= 15 is 0 Å². The lowest BCUT2D eigenvalue weighted by atomic mass is 10.0. The molecule has 0 amide bonds. The molecular formula is C16H16FNO2. The third-order valence-corrected chi connectivity index (χ3v) is 3.12. The zero-order chi connectivity index (χ0) is 14.5. The fourth-order valence-corrected chi connectivity index (χ4v) is 2.01. The Kier molecular flexibility index (Phi) is 4.48. The predicted molar refractivity (Wildman–Crippen MR) is 74.8 cm³/mol. The number of hydrogen-bond donors (Lipinski definition) is 2. The minimum Gasteiger partial charge on any atom is -0.480 e. The van der Waals surface area contributed by atoms with Crippen LogP contribution in [0.4, 0.5) is 4.39 Å². The standard InChI is InChI=1S/C16H16FNO2/c1-11-9-13(7-8-14(11)17)15(16(19)20)18-10-12-5-3-2-4-6-12/h2-9,15,18H,10H2,1H3,(H,19,20). The highest BCUT2D eigenvalue weighted by molar-refractivity contribution is 5.75. The summed E-state index contributed by atoms with van der Waals surface area (Å²) in [5.74, 6) is -1.31. The van der Waals surface area contributed by atoms with Gasteiger partial charge in [-0.25, -0.2) is 4.39 Å². The SMILES string of the molecule is Cc1cc(C(NCc2ccccc2)C(=O)O)ccc1F. The maximum Gasteiger partial charge on any atom is 0.325 e. The Morgan fingerprint density at radius 2 is 1.95 bits per heavy atom. The third kappa shape index (κ3) is 3.42. The molecule has 1 atom stereocenters. The van der Waals surface area contributed by atoms with Crippen LogP contribution in [0.15, 0.2) is 48.5 Å². The molecule has 4 heteroatoms. The lowest BCUT2D eigenvalue weighted by molar-refractivity contribution is -0.139. The quantitative estimate of drug-likeness (QED) is 0.880. The molecule has 2 aromatic carbocycles. The Morgan fingerprint density at radius 3 is 2.55 bits per heavy atom. The van der Waals surface area contributed by atoms with Crippen molar-refractivity contribution < 1.29 is 14.3 Å². The molecule has 0 aromatic heterocycles. The van der Waals surface area contributed by atoms with Crippen LogP contribution in [-0.2, 0) is 11.3 Å². The van der Waals surface area contributed by atoms with E-state index in [0.717, 1.165) is 5.56 Å². The Labute approximate surface area is 117 Å². The number of aryl methyl sites for hydroxylation is 1. The van der Waals surface area contributed by atoms with E-state index in [-0.39, 0.29) is 5.82 Å². The molecule has 0 aliphatic rings. The van der Waals surface area contributed by atoms with Gasteiger partial charge in [-0.05, 0) is 29.7 Å². The van der Waals surface area contributed by atoms with E-state index in [1.807, 2.05) is 30.3 Å². The zero-order valence-corrected chi connectivity index (χ0v) is 11.1. The highest BCUT2D eigenvalue weighted by Crippen LogP contribution is 2.17. The summed E-state index contributed by atoms with van der Waals surface area (Å²) in [6, 6.07) is 13.0. The second-order valence-corrected chi connectivity index (χ2v) is 4.65. The number of carboxylic acids is 1. The molecule has 0 aliphatic heterocycles. The van der Waals surface area contributed by atoms with Crippen molar-refractivity contribution in [2.45, 2.75) is 19.5 Å². The molecule has 0 radical (unpaired) electrons. The normalized spacial score (nSPS) is 12.1. The first kappa shape index (κ1) is 14.2. The van der Waals surface area contributed by atoms with Crippen molar-refractivity contribution in [1.29, 1.82) is 0 Å². The summed E-state index contributed by atoms with van der Waals surface area (Å²) >= 11 is 0. The van der Waals surface area contributed by atoms with Gasteiger partial charge in [0, 0.05) is 6.54 Å². The minimum absolute atomic E-state index is 0.332. The van der Waals surface area contributed by atoms with Gasteiger partial charge in [-0.15, -0.1) is 0 Å². The largest absolute Gasteiger partial charge is 0.480 e. The summed E-state index contributed by atoms with van der Waals surface area (Å²) in [6.45, 7) is 2.06. The van der Waals surface area contributed by atoms with Gasteiger partial charge in [-0.2, -0.15) is 0 Å². The molecule has 2 aromatic rings. The first-order valence-corrected chi connectivity index (χ1v) is 6.34. The molecule has 20 heavy (non-hydrogen) atoms. The summed E-state index contributed by atoms with van der Waals surface area (Å²) < 4.78 is 13.2. The lowest BCUT2D eigenvalue weighted by Crippen LogP contribution is -2.28. The zero-order valence-electron chi connectivity index (χ0n) is 11.1. The molecule has 0 heterocycles. The van der Waals surface area contributed by atoms with Crippen LogP contribution >= 0.6 is 0 Å². The van der Waals surface area contributed by atoms with Crippen molar-refractivity contribution in [3.8, 4) is 0 Å². The van der Waals surface area contributed by atoms with Crippen LogP contribution in [0.5, 0.6) is 0 Å². The first-order valence-electron chi connectivity index (χ1n) is 6.34. The molecule has 2 N–H and O–H groups in total. The average Bonchev–Trinajstić information content (AvgIpc) is 2.43. The van der Waals surface area contributed by atoms with Crippen molar-refractivity contribution >= 4 is 5.97 Å². The van der Waals surface area contributed by atoms with Gasteiger partial charge in [0.2, 0.25) is 0 Å². The number of rotatable bonds is 5. The smallest absolute Gasteiger partial charge is 0.325 e. The Morgan fingerprint density at radius 1 is 1.25 bits per heavy atom. The molecule has 104 valence electrons. The number of benzene rings is 2. The second-order valence-electron chi connectivity index (χ2n) is 4.65. The van der Waals surface area contributed by atoms with E-state index < -0.39 is 12.0 Å². The maximum absolute atomic E-state index is 13.2. The summed E-state index contributed by atoms with van der Waals surface area (Å²) in [7, 11) is 0. The number of nitrogens with one attached hydrogen (secondary N) is 1. The fraction of sp³-hybridized carbons (Fsp3) is 0.188. The number of halogens is 1. The van der Waals surface area contributed by atoms with Crippen LogP contribution in [0.1, 0.15) is 22.7 Å². The van der Waals surface area contributed by atoms with Crippen molar-refractivity contribution in [2.24, 2.45) is 0 Å². The van der Waals surface area contributed by atoms with E-state index in [4.69, 9.17) is 0 Å². The number of hydrogen-bond acceptors (Lipinski definition) is 2. The molecule has 2 rings (SSSR count). The van der Waals surface area contributed by atoms with Crippen LogP contribution in [0.25, 0.3) is 0 Å². The predicted octanol–water partition coefficient (Wildman–Crippen LogP) is 3.05. The van der Waals surface area contributed by atoms with Crippen molar-refractivity contribution in [2.75, 3.05) is 0 Å². The topological polar surface area (TPSA) is 49.3 Å². The number of aliphatic carboxylic acids is 1. The third-order valence-electron chi connectivity index (χ3n) is 3.12. The molecular weight excluding hydrogens is 257 g/mol. The average molecular weight is 273 g/mol. The van der Waals surface area contributed by atoms with E-state index in [0.29, 0.717) is 17.7 Å². The van der Waals surface area contributed by atoms with Gasteiger partial charge < -0.3 is 5.11 Å². The van der Waals surface area contributed by atoms with Gasteiger partial charge in [0.1, 0.15) is 11.9 Å². The Balaban J connectivity index is 2.15. The van der Waals surface area contributed by atoms with E-state index in [1.165, 1.54) is 12.1 Å². The summed E-state index contributed by atoms with van der Waals surface area (Å²) in [6.07, 6.45) is 0. The molecule has 0 saturated carbocycles. The Hall–Kier alpha value is -2.20. The van der Waals surface area contributed by atoms with Crippen molar-refractivity contribution in [3.05, 3.63) is 71.0 Å². The molecule has 0 fully saturated rings. The monoisotopic (exact) mass is 273 g/mol. The highest BCUT2D eigenvalue weighted by Gasteiger charge is 2.19. The van der Waals surface area contributed by atoms with Gasteiger partial charge in [0.05, 0.1) is 0 Å². The van der Waals surface area contributed by atoms with Crippen molar-refractivity contribution in [1.82, 2.24) is 5.32 Å². The summed E-state index contributed by atoms with van der Waals surface area (Å²) in [4.78, 5) is 11.4. The van der Waals surface area contributed by atoms with Gasteiger partial charge in [-0.1, -0.05) is 42.5 Å². The summed E-state index contributed by atoms with van der Waals surface area (Å²) in [5.41, 5.74) is 1.99. The Bertz CT molecular complexity index is 599. The van der Waals surface area contributed by atoms with Crippen molar-refractivity contribution in [3.63, 3.8) is 0 Å². The fourth-order valence-electron chi connectivity index (χ4n) is 2.01. The van der Waals surface area contributed by atoms with E-state index in [9.17, 15) is 14.3 Å². The number of carbonyl (C=O) groups is 1. The van der Waals surface area contributed by atoms with Crippen LogP contribution in [0, 0.1) is 12.7 Å². The second kappa shape index (κ2) is 6.30. The van der Waals surface area contributed by atoms with Gasteiger partial charge in [-0.3, -0.25) is 10.1 Å². The van der Waals surface area contributed by atoms with Gasteiger partial charge >= 0.3 is 5.97 Å². The molecule has 0 spiro atoms. The van der Waals surface area contributed by atoms with E-state index in [2.05, 4.69) is 5.32 Å². The van der Waals surface area contributed by atoms with Crippen LogP contribution < -0.4 is 5.32 Å². The molecule has 3 nitrogen and oxygen atoms in total. The first-order chi connectivity index (χ1) is 9.58. The van der Waals surface area contributed by atoms with Crippen LogP contribution in [0.3, 0.4) is 0 Å². The molecule has 0 saturated heterocycles. The molecule has 1 unspecified atom stereocenters. The van der Waals surface area contributed by atoms with Gasteiger partial charge in [0.25, 0.3) is 0 Å². The van der Waals surface area contributed by atoms with Crippen LogP contribution in [0.2, 0.25) is 0 Å². The van der Waals surface area contributed by atoms with Gasteiger partial charge in [0.15, 0.2) is 0 Å². The lowest BCUT2D eigenvalue weighted by Gasteiger charge is -2.15. The maximum atomic E-state index is 13.2. The van der Waals surface area contributed by atoms with Crippen LogP contribution in [-0.4, -0.2) is 11.1 Å². The molecule has 0 aliphatic carbocycles. The molecule has 0 bridgehead atoms. The number of carboxylic acid groups (broad SMARTS) is 1. The summed E-state index contributed by atoms with van der Waals surface area (Å²) in [5, 5.41) is 12.3. The highest BCUT2D eigenvalue weighted by atomic mass is 19.1.